The fourth-order valence-corrected chi connectivity index (χ4v) is 2.47. The molecule has 1 rings (SSSR count). The summed E-state index contributed by atoms with van der Waals surface area (Å²) in [5, 5.41) is 12.3. The van der Waals surface area contributed by atoms with Crippen LogP contribution in [-0.2, 0) is 21.4 Å². The topological polar surface area (TPSA) is 92.5 Å². The third-order valence-electron chi connectivity index (χ3n) is 2.31. The van der Waals surface area contributed by atoms with Gasteiger partial charge in [-0.25, -0.2) is 8.42 Å². The zero-order chi connectivity index (χ0) is 13.2. The van der Waals surface area contributed by atoms with Gasteiger partial charge in [0.05, 0.1) is 6.20 Å². The van der Waals surface area contributed by atoms with Gasteiger partial charge in [0.2, 0.25) is 10.0 Å². The first-order chi connectivity index (χ1) is 7.75. The number of aliphatic carboxylic acids is 1. The second-order valence-corrected chi connectivity index (χ2v) is 5.88. The molecule has 0 aliphatic carbocycles. The van der Waals surface area contributed by atoms with Crippen molar-refractivity contribution in [3.05, 3.63) is 12.4 Å². The molecule has 0 radical (unpaired) electrons. The highest BCUT2D eigenvalue weighted by atomic mass is 32.2. The standard InChI is InChI=1S/C9H15N3O4S/c1-7(2)11(3)17(15,16)8-4-10-12(5-8)6-9(13)14/h4-5,7H,6H2,1-3H3,(H,13,14). The Labute approximate surface area is 99.7 Å². The Hall–Kier alpha value is -1.41. The molecule has 0 saturated carbocycles. The third kappa shape index (κ3) is 3.04. The summed E-state index contributed by atoms with van der Waals surface area (Å²) >= 11 is 0. The Morgan fingerprint density at radius 2 is 2.18 bits per heavy atom. The summed E-state index contributed by atoms with van der Waals surface area (Å²) < 4.78 is 26.3. The van der Waals surface area contributed by atoms with Gasteiger partial charge in [-0.05, 0) is 13.8 Å². The summed E-state index contributed by atoms with van der Waals surface area (Å²) in [5.74, 6) is -1.07. The van der Waals surface area contributed by atoms with Crippen molar-refractivity contribution in [2.75, 3.05) is 7.05 Å². The van der Waals surface area contributed by atoms with E-state index in [9.17, 15) is 13.2 Å². The molecule has 8 heteroatoms. The maximum atomic E-state index is 12.0. The van der Waals surface area contributed by atoms with Crippen molar-refractivity contribution in [2.24, 2.45) is 0 Å². The van der Waals surface area contributed by atoms with Gasteiger partial charge >= 0.3 is 5.97 Å². The number of hydrogen-bond donors (Lipinski definition) is 1. The summed E-state index contributed by atoms with van der Waals surface area (Å²) in [6.45, 7) is 3.14. The molecule has 0 atom stereocenters. The average molecular weight is 261 g/mol. The Morgan fingerprint density at radius 3 is 2.65 bits per heavy atom. The number of sulfonamides is 1. The van der Waals surface area contributed by atoms with E-state index >= 15 is 0 Å². The first-order valence-corrected chi connectivity index (χ1v) is 6.41. The fourth-order valence-electron chi connectivity index (χ4n) is 1.15. The molecule has 0 bridgehead atoms. The lowest BCUT2D eigenvalue weighted by atomic mass is 10.4. The lowest BCUT2D eigenvalue weighted by Gasteiger charge is -2.19. The minimum absolute atomic E-state index is 0.00468. The number of aromatic nitrogens is 2. The highest BCUT2D eigenvalue weighted by Gasteiger charge is 2.24. The summed E-state index contributed by atoms with van der Waals surface area (Å²) in [4.78, 5) is 10.4. The van der Waals surface area contributed by atoms with Crippen LogP contribution in [0, 0.1) is 0 Å². The van der Waals surface area contributed by atoms with Gasteiger partial charge in [0.25, 0.3) is 0 Å². The highest BCUT2D eigenvalue weighted by molar-refractivity contribution is 7.89. The van der Waals surface area contributed by atoms with Gasteiger partial charge in [-0.15, -0.1) is 0 Å². The van der Waals surface area contributed by atoms with Gasteiger partial charge in [0, 0.05) is 19.3 Å². The second kappa shape index (κ2) is 4.84. The Balaban J connectivity index is 3.01. The molecule has 1 aromatic heterocycles. The maximum Gasteiger partial charge on any atom is 0.325 e. The predicted molar refractivity (Wildman–Crippen MR) is 59.9 cm³/mol. The largest absolute Gasteiger partial charge is 0.480 e. The lowest BCUT2D eigenvalue weighted by molar-refractivity contribution is -0.137. The van der Waals surface area contributed by atoms with Crippen LogP contribution < -0.4 is 0 Å². The predicted octanol–water partition coefficient (Wildman–Crippen LogP) is -0.00340. The molecule has 0 amide bonds. The molecule has 96 valence electrons. The van der Waals surface area contributed by atoms with Gasteiger partial charge in [0.15, 0.2) is 0 Å². The summed E-state index contributed by atoms with van der Waals surface area (Å²) in [7, 11) is -2.13. The number of nitrogens with zero attached hydrogens (tertiary/aromatic N) is 3. The average Bonchev–Trinajstić information content (AvgIpc) is 2.64. The number of carboxylic acid groups (broad SMARTS) is 1. The van der Waals surface area contributed by atoms with Crippen LogP contribution in [0.2, 0.25) is 0 Å². The van der Waals surface area contributed by atoms with Gasteiger partial charge < -0.3 is 5.11 Å². The smallest absolute Gasteiger partial charge is 0.325 e. The van der Waals surface area contributed by atoms with Crippen LogP contribution in [0.15, 0.2) is 17.3 Å². The van der Waals surface area contributed by atoms with E-state index in [0.29, 0.717) is 0 Å². The zero-order valence-corrected chi connectivity index (χ0v) is 10.7. The lowest BCUT2D eigenvalue weighted by Crippen LogP contribution is -2.32. The van der Waals surface area contributed by atoms with E-state index in [4.69, 9.17) is 5.11 Å². The Morgan fingerprint density at radius 1 is 1.59 bits per heavy atom. The molecule has 0 aliphatic rings. The molecular formula is C9H15N3O4S. The maximum absolute atomic E-state index is 12.0. The number of rotatable bonds is 5. The first kappa shape index (κ1) is 13.7. The van der Waals surface area contributed by atoms with Crippen LogP contribution in [0.5, 0.6) is 0 Å². The van der Waals surface area contributed by atoms with E-state index in [2.05, 4.69) is 5.10 Å². The zero-order valence-electron chi connectivity index (χ0n) is 9.86. The third-order valence-corrected chi connectivity index (χ3v) is 4.30. The molecule has 1 heterocycles. The molecule has 1 N–H and O–H groups in total. The molecule has 7 nitrogen and oxygen atoms in total. The second-order valence-electron chi connectivity index (χ2n) is 3.88. The van der Waals surface area contributed by atoms with Crippen molar-refractivity contribution in [1.82, 2.24) is 14.1 Å². The van der Waals surface area contributed by atoms with Crippen molar-refractivity contribution in [2.45, 2.75) is 31.3 Å². The number of carboxylic acids is 1. The molecule has 0 spiro atoms. The highest BCUT2D eigenvalue weighted by Crippen LogP contribution is 2.15. The van der Waals surface area contributed by atoms with E-state index in [1.807, 2.05) is 0 Å². The molecule has 0 saturated heterocycles. The summed E-state index contributed by atoms with van der Waals surface area (Å²) in [6, 6.07) is -0.178. The quantitative estimate of drug-likeness (QED) is 0.805. The molecule has 0 aliphatic heterocycles. The van der Waals surface area contributed by atoms with Crippen molar-refractivity contribution in [3.8, 4) is 0 Å². The van der Waals surface area contributed by atoms with Crippen LogP contribution in [0.3, 0.4) is 0 Å². The summed E-state index contributed by atoms with van der Waals surface area (Å²) in [5.41, 5.74) is 0. The summed E-state index contributed by atoms with van der Waals surface area (Å²) in [6.07, 6.45) is 2.36. The molecule has 0 aromatic carbocycles. The van der Waals surface area contributed by atoms with E-state index in [1.165, 1.54) is 17.5 Å². The van der Waals surface area contributed by atoms with E-state index in [0.717, 1.165) is 10.9 Å². The van der Waals surface area contributed by atoms with Crippen LogP contribution in [0.4, 0.5) is 0 Å². The minimum Gasteiger partial charge on any atom is -0.480 e. The molecular weight excluding hydrogens is 246 g/mol. The monoisotopic (exact) mass is 261 g/mol. The number of hydrogen-bond acceptors (Lipinski definition) is 4. The van der Waals surface area contributed by atoms with Crippen LogP contribution in [0.25, 0.3) is 0 Å². The van der Waals surface area contributed by atoms with Gasteiger partial charge in [-0.1, -0.05) is 0 Å². The first-order valence-electron chi connectivity index (χ1n) is 4.97. The van der Waals surface area contributed by atoms with E-state index < -0.39 is 16.0 Å². The van der Waals surface area contributed by atoms with Gasteiger partial charge in [-0.2, -0.15) is 9.40 Å². The molecule has 0 fully saturated rings. The SMILES string of the molecule is CC(C)N(C)S(=O)(=O)c1cnn(CC(=O)O)c1. The van der Waals surface area contributed by atoms with Gasteiger partial charge in [-0.3, -0.25) is 9.48 Å². The van der Waals surface area contributed by atoms with Crippen LogP contribution in [0.1, 0.15) is 13.8 Å². The molecule has 17 heavy (non-hydrogen) atoms. The molecule has 1 aromatic rings. The van der Waals surface area contributed by atoms with Crippen LogP contribution in [-0.4, -0.2) is 46.7 Å². The normalized spacial score (nSPS) is 12.3. The van der Waals surface area contributed by atoms with Gasteiger partial charge in [0.1, 0.15) is 11.4 Å². The van der Waals surface area contributed by atoms with Crippen molar-refractivity contribution >= 4 is 16.0 Å². The van der Waals surface area contributed by atoms with Crippen molar-refractivity contribution in [1.29, 1.82) is 0 Å². The molecule has 0 unspecified atom stereocenters. The number of carbonyl (C=O) groups is 1. The fraction of sp³-hybridized carbons (Fsp3) is 0.556. The van der Waals surface area contributed by atoms with E-state index in [-0.39, 0.29) is 17.5 Å². The Bertz CT molecular complexity index is 506. The van der Waals surface area contributed by atoms with Crippen LogP contribution >= 0.6 is 0 Å². The minimum atomic E-state index is -3.60. The van der Waals surface area contributed by atoms with E-state index in [1.54, 1.807) is 13.8 Å². The Kier molecular flexibility index (Phi) is 3.89. The van der Waals surface area contributed by atoms with Crippen molar-refractivity contribution < 1.29 is 18.3 Å². The van der Waals surface area contributed by atoms with Crippen molar-refractivity contribution in [3.63, 3.8) is 0 Å².